The van der Waals surface area contributed by atoms with E-state index < -0.39 is 0 Å². The van der Waals surface area contributed by atoms with E-state index in [2.05, 4.69) is 46.7 Å². The van der Waals surface area contributed by atoms with Gasteiger partial charge in [-0.1, -0.05) is 27.2 Å². The molecule has 2 rings (SSSR count). The molecule has 0 spiro atoms. The number of H-pyrrole nitrogens is 1. The van der Waals surface area contributed by atoms with Gasteiger partial charge in [-0.2, -0.15) is 0 Å². The van der Waals surface area contributed by atoms with Gasteiger partial charge >= 0.3 is 0 Å². The van der Waals surface area contributed by atoms with Crippen molar-refractivity contribution in [3.63, 3.8) is 0 Å². The number of nitrogens with zero attached hydrogens (tertiary/aromatic N) is 1. The van der Waals surface area contributed by atoms with Crippen molar-refractivity contribution in [2.24, 2.45) is 0 Å². The third kappa shape index (κ3) is 2.08. The molecule has 0 aliphatic heterocycles. The number of hydrogen-bond donors (Lipinski definition) is 1. The van der Waals surface area contributed by atoms with Gasteiger partial charge in [-0.25, -0.2) is 4.98 Å². The van der Waals surface area contributed by atoms with Crippen molar-refractivity contribution in [2.75, 3.05) is 0 Å². The van der Waals surface area contributed by atoms with Crippen molar-refractivity contribution >= 4 is 15.9 Å². The molecule has 0 aromatic carbocycles. The maximum atomic E-state index is 11.8. The Balaban J connectivity index is 2.51. The van der Waals surface area contributed by atoms with E-state index >= 15 is 0 Å². The van der Waals surface area contributed by atoms with E-state index in [1.54, 1.807) is 0 Å². The molecule has 0 amide bonds. The summed E-state index contributed by atoms with van der Waals surface area (Å²) in [6.07, 6.45) is 3.54. The lowest BCUT2D eigenvalue weighted by molar-refractivity contribution is 0.396. The van der Waals surface area contributed by atoms with Crippen LogP contribution in [0, 0.1) is 0 Å². The Morgan fingerprint density at radius 1 is 1.38 bits per heavy atom. The van der Waals surface area contributed by atoms with Crippen LogP contribution >= 0.6 is 15.9 Å². The van der Waals surface area contributed by atoms with Crippen LogP contribution in [0.1, 0.15) is 57.5 Å². The normalized spacial score (nSPS) is 17.2. The molecule has 0 atom stereocenters. The van der Waals surface area contributed by atoms with E-state index in [9.17, 15) is 4.79 Å². The molecule has 1 aromatic heterocycles. The Bertz CT molecular complexity index is 455. The Morgan fingerprint density at radius 3 is 2.44 bits per heavy atom. The molecule has 1 aliphatic carbocycles. The monoisotopic (exact) mass is 284 g/mol. The zero-order valence-corrected chi connectivity index (χ0v) is 11.5. The molecule has 88 valence electrons. The largest absolute Gasteiger partial charge is 0.309 e. The van der Waals surface area contributed by atoms with Gasteiger partial charge in [0.25, 0.3) is 5.56 Å². The first-order chi connectivity index (χ1) is 7.39. The van der Waals surface area contributed by atoms with Crippen LogP contribution in [0.3, 0.4) is 0 Å². The predicted octanol–water partition coefficient (Wildman–Crippen LogP) is 3.10. The zero-order chi connectivity index (χ0) is 11.9. The van der Waals surface area contributed by atoms with Crippen molar-refractivity contribution < 1.29 is 0 Å². The second-order valence-corrected chi connectivity index (χ2v) is 6.28. The third-order valence-electron chi connectivity index (χ3n) is 3.08. The van der Waals surface area contributed by atoms with E-state index in [0.717, 1.165) is 24.4 Å². The summed E-state index contributed by atoms with van der Waals surface area (Å²) >= 11 is 3.33. The summed E-state index contributed by atoms with van der Waals surface area (Å²) in [7, 11) is 0. The van der Waals surface area contributed by atoms with Gasteiger partial charge in [-0.15, -0.1) is 0 Å². The van der Waals surface area contributed by atoms with Crippen LogP contribution in [-0.4, -0.2) is 9.97 Å². The molecule has 3 nitrogen and oxygen atoms in total. The number of hydrogen-bond acceptors (Lipinski definition) is 2. The summed E-state index contributed by atoms with van der Waals surface area (Å²) in [4.78, 5) is 19.3. The van der Waals surface area contributed by atoms with Crippen molar-refractivity contribution in [3.8, 4) is 0 Å². The molecule has 1 saturated carbocycles. The highest BCUT2D eigenvalue weighted by Gasteiger charge is 2.27. The summed E-state index contributed by atoms with van der Waals surface area (Å²) in [5, 5.41) is 0. The predicted molar refractivity (Wildman–Crippen MR) is 67.8 cm³/mol. The maximum Gasteiger partial charge on any atom is 0.265 e. The van der Waals surface area contributed by atoms with Gasteiger partial charge in [0.2, 0.25) is 0 Å². The SMILES string of the molecule is CC(C)(C)c1nc(C2CCC2)[nH]c(=O)c1Br. The van der Waals surface area contributed by atoms with Gasteiger partial charge in [-0.05, 0) is 28.8 Å². The minimum atomic E-state index is -0.106. The van der Waals surface area contributed by atoms with Crippen LogP contribution in [-0.2, 0) is 5.41 Å². The molecule has 1 aromatic rings. The van der Waals surface area contributed by atoms with Crippen LogP contribution in [0.2, 0.25) is 0 Å². The molecule has 1 aliphatic rings. The summed E-state index contributed by atoms with van der Waals surface area (Å²) in [6, 6.07) is 0. The molecular formula is C12H17BrN2O. The highest BCUT2D eigenvalue weighted by Crippen LogP contribution is 2.35. The van der Waals surface area contributed by atoms with E-state index in [0.29, 0.717) is 10.4 Å². The van der Waals surface area contributed by atoms with E-state index in [4.69, 9.17) is 0 Å². The Morgan fingerprint density at radius 2 is 2.00 bits per heavy atom. The molecule has 1 N–H and O–H groups in total. The molecule has 0 bridgehead atoms. The fourth-order valence-corrected chi connectivity index (χ4v) is 2.63. The Labute approximate surface area is 104 Å². The zero-order valence-electron chi connectivity index (χ0n) is 9.93. The minimum Gasteiger partial charge on any atom is -0.309 e. The number of halogens is 1. The van der Waals surface area contributed by atoms with Gasteiger partial charge in [0, 0.05) is 11.3 Å². The number of aromatic nitrogens is 2. The lowest BCUT2D eigenvalue weighted by atomic mass is 9.84. The van der Waals surface area contributed by atoms with E-state index in [-0.39, 0.29) is 11.0 Å². The first kappa shape index (κ1) is 11.8. The first-order valence-corrected chi connectivity index (χ1v) is 6.49. The summed E-state index contributed by atoms with van der Waals surface area (Å²) in [6.45, 7) is 6.22. The van der Waals surface area contributed by atoms with E-state index in [1.807, 2.05) is 0 Å². The molecule has 1 heterocycles. The van der Waals surface area contributed by atoms with Gasteiger partial charge in [0.15, 0.2) is 0 Å². The highest BCUT2D eigenvalue weighted by atomic mass is 79.9. The lowest BCUT2D eigenvalue weighted by Gasteiger charge is -2.26. The molecule has 0 radical (unpaired) electrons. The standard InChI is InChI=1S/C12H17BrN2O/c1-12(2,3)9-8(13)11(16)15-10(14-9)7-5-4-6-7/h7H,4-6H2,1-3H3,(H,14,15,16). The van der Waals surface area contributed by atoms with Crippen LogP contribution in [0.25, 0.3) is 0 Å². The average Bonchev–Trinajstić information content (AvgIpc) is 2.05. The summed E-state index contributed by atoms with van der Waals surface area (Å²) in [5.74, 6) is 1.33. The van der Waals surface area contributed by atoms with Gasteiger partial charge in [-0.3, -0.25) is 4.79 Å². The van der Waals surface area contributed by atoms with Crippen LogP contribution in [0.5, 0.6) is 0 Å². The van der Waals surface area contributed by atoms with Crippen LogP contribution in [0.15, 0.2) is 9.27 Å². The molecular weight excluding hydrogens is 268 g/mol. The quantitative estimate of drug-likeness (QED) is 0.861. The Hall–Kier alpha value is -0.640. The first-order valence-electron chi connectivity index (χ1n) is 5.70. The molecule has 0 saturated heterocycles. The fourth-order valence-electron chi connectivity index (χ4n) is 1.85. The fraction of sp³-hybridized carbons (Fsp3) is 0.667. The van der Waals surface area contributed by atoms with Crippen molar-refractivity contribution in [2.45, 2.75) is 51.4 Å². The van der Waals surface area contributed by atoms with Crippen molar-refractivity contribution in [1.82, 2.24) is 9.97 Å². The van der Waals surface area contributed by atoms with E-state index in [1.165, 1.54) is 6.42 Å². The van der Waals surface area contributed by atoms with Gasteiger partial charge < -0.3 is 4.98 Å². The van der Waals surface area contributed by atoms with Crippen LogP contribution in [0.4, 0.5) is 0 Å². The number of nitrogens with one attached hydrogen (secondary N) is 1. The van der Waals surface area contributed by atoms with Crippen LogP contribution < -0.4 is 5.56 Å². The third-order valence-corrected chi connectivity index (χ3v) is 3.82. The second kappa shape index (κ2) is 3.99. The topological polar surface area (TPSA) is 45.8 Å². The average molecular weight is 285 g/mol. The smallest absolute Gasteiger partial charge is 0.265 e. The molecule has 1 fully saturated rings. The summed E-state index contributed by atoms with van der Waals surface area (Å²) in [5.41, 5.74) is 0.700. The lowest BCUT2D eigenvalue weighted by Crippen LogP contribution is -2.26. The molecule has 4 heteroatoms. The van der Waals surface area contributed by atoms with Gasteiger partial charge in [0.1, 0.15) is 10.3 Å². The molecule has 16 heavy (non-hydrogen) atoms. The number of aromatic amines is 1. The highest BCUT2D eigenvalue weighted by molar-refractivity contribution is 9.10. The Kier molecular flexibility index (Phi) is 2.95. The maximum absolute atomic E-state index is 11.8. The summed E-state index contributed by atoms with van der Waals surface area (Å²) < 4.78 is 0.572. The number of rotatable bonds is 1. The molecule has 0 unspecified atom stereocenters. The minimum absolute atomic E-state index is 0.0539. The second-order valence-electron chi connectivity index (χ2n) is 5.49. The van der Waals surface area contributed by atoms with Gasteiger partial charge in [0.05, 0.1) is 5.69 Å². The van der Waals surface area contributed by atoms with Crippen molar-refractivity contribution in [3.05, 3.63) is 26.3 Å². The van der Waals surface area contributed by atoms with Crippen molar-refractivity contribution in [1.29, 1.82) is 0 Å².